The molecule has 2 aliphatic rings. The predicted molar refractivity (Wildman–Crippen MR) is 268 cm³/mol. The van der Waals surface area contributed by atoms with Gasteiger partial charge in [-0.15, -0.1) is 0 Å². The first-order valence-electron chi connectivity index (χ1n) is 22.2. The zero-order valence-corrected chi connectivity index (χ0v) is 36.2. The molecule has 300 valence electrons. The molecule has 1 heteroatoms. The topological polar surface area (TPSA) is 3.24 Å². The molecule has 0 fully saturated rings. The van der Waals surface area contributed by atoms with Crippen molar-refractivity contribution in [3.8, 4) is 55.6 Å². The SMILES string of the molecule is CC1(C)c2ccccc2-c2ccc(-c3ccc(N(c4ccc(-c5ccccc5)cc4)c4ccc5c(c4)C(C)(C)c4cc(-c6cc7ccccc7c7ccccc67)ccc4-5)cc3)cc21. The standard InChI is InChI=1S/C62H47N/c1-61(2)57-21-13-12-20-52(57)53-33-26-43(37-58(53)61)42-24-30-47(31-25-42)63(46-28-22-41(23-29-46)40-14-6-5-7-15-40)48-32-35-55-54-34-27-45(38-59(54)62(3,4)60(55)39-48)56-36-44-16-8-9-17-49(44)50-18-10-11-19-51(50)56/h5-39H,1-4H3. The number of hydrogen-bond acceptors (Lipinski definition) is 1. The number of fused-ring (bicyclic) bond motifs is 9. The van der Waals surface area contributed by atoms with E-state index in [1.807, 2.05) is 0 Å². The molecule has 0 saturated carbocycles. The Balaban J connectivity index is 0.939. The van der Waals surface area contributed by atoms with Crippen LogP contribution in [-0.4, -0.2) is 0 Å². The zero-order chi connectivity index (χ0) is 42.5. The van der Waals surface area contributed by atoms with Crippen molar-refractivity contribution in [3.05, 3.63) is 235 Å². The van der Waals surface area contributed by atoms with Gasteiger partial charge < -0.3 is 4.90 Å². The van der Waals surface area contributed by atoms with E-state index < -0.39 is 0 Å². The van der Waals surface area contributed by atoms with Gasteiger partial charge in [0.2, 0.25) is 0 Å². The van der Waals surface area contributed by atoms with E-state index in [1.54, 1.807) is 0 Å². The molecule has 0 bridgehead atoms. The molecule has 0 aromatic heterocycles. The average molecular weight is 806 g/mol. The highest BCUT2D eigenvalue weighted by molar-refractivity contribution is 6.14. The molecule has 12 rings (SSSR count). The highest BCUT2D eigenvalue weighted by atomic mass is 15.1. The molecular weight excluding hydrogens is 759 g/mol. The Morgan fingerprint density at radius 2 is 0.714 bits per heavy atom. The van der Waals surface area contributed by atoms with Crippen LogP contribution >= 0.6 is 0 Å². The smallest absolute Gasteiger partial charge is 0.0465 e. The van der Waals surface area contributed by atoms with Crippen molar-refractivity contribution in [3.63, 3.8) is 0 Å². The lowest BCUT2D eigenvalue weighted by atomic mass is 9.81. The Bertz CT molecular complexity index is 3420. The number of rotatable bonds is 6. The van der Waals surface area contributed by atoms with E-state index in [9.17, 15) is 0 Å². The van der Waals surface area contributed by atoms with Crippen molar-refractivity contribution < 1.29 is 0 Å². The van der Waals surface area contributed by atoms with Crippen molar-refractivity contribution in [1.29, 1.82) is 0 Å². The number of benzene rings is 10. The second-order valence-electron chi connectivity index (χ2n) is 18.5. The molecular formula is C62H47N. The normalized spacial score (nSPS) is 14.0. The molecule has 0 unspecified atom stereocenters. The molecule has 0 saturated heterocycles. The number of anilines is 3. The molecule has 63 heavy (non-hydrogen) atoms. The van der Waals surface area contributed by atoms with E-state index >= 15 is 0 Å². The minimum atomic E-state index is -0.211. The quantitative estimate of drug-likeness (QED) is 0.151. The fourth-order valence-corrected chi connectivity index (χ4v) is 10.9. The van der Waals surface area contributed by atoms with Gasteiger partial charge in [0.25, 0.3) is 0 Å². The average Bonchev–Trinajstić information content (AvgIpc) is 3.70. The van der Waals surface area contributed by atoms with Crippen molar-refractivity contribution in [1.82, 2.24) is 0 Å². The summed E-state index contributed by atoms with van der Waals surface area (Å²) in [5, 5.41) is 5.15. The third-order valence-corrected chi connectivity index (χ3v) is 14.3. The van der Waals surface area contributed by atoms with Gasteiger partial charge in [-0.25, -0.2) is 0 Å². The molecule has 0 atom stereocenters. The maximum atomic E-state index is 2.46. The molecule has 2 aliphatic carbocycles. The summed E-state index contributed by atoms with van der Waals surface area (Å²) >= 11 is 0. The fraction of sp³-hybridized carbons (Fsp3) is 0.0968. The summed E-state index contributed by atoms with van der Waals surface area (Å²) in [6, 6.07) is 79.0. The van der Waals surface area contributed by atoms with Gasteiger partial charge in [0, 0.05) is 27.9 Å². The molecule has 0 amide bonds. The van der Waals surface area contributed by atoms with Crippen molar-refractivity contribution in [2.75, 3.05) is 4.90 Å². The third kappa shape index (κ3) is 5.84. The Hall–Kier alpha value is -7.48. The fourth-order valence-electron chi connectivity index (χ4n) is 10.9. The molecule has 0 heterocycles. The van der Waals surface area contributed by atoms with Crippen LogP contribution in [0.3, 0.4) is 0 Å². The van der Waals surface area contributed by atoms with Crippen LogP contribution in [0.5, 0.6) is 0 Å². The molecule has 0 N–H and O–H groups in total. The van der Waals surface area contributed by atoms with Gasteiger partial charge in [0.15, 0.2) is 0 Å². The van der Waals surface area contributed by atoms with Crippen molar-refractivity contribution in [2.45, 2.75) is 38.5 Å². The zero-order valence-electron chi connectivity index (χ0n) is 36.2. The molecule has 10 aromatic rings. The minimum absolute atomic E-state index is 0.0437. The van der Waals surface area contributed by atoms with Gasteiger partial charge >= 0.3 is 0 Å². The molecule has 10 aromatic carbocycles. The van der Waals surface area contributed by atoms with Gasteiger partial charge in [-0.3, -0.25) is 0 Å². The maximum absolute atomic E-state index is 2.46. The lowest BCUT2D eigenvalue weighted by molar-refractivity contribution is 0.660. The molecule has 1 nitrogen and oxygen atoms in total. The van der Waals surface area contributed by atoms with E-state index in [4.69, 9.17) is 0 Å². The van der Waals surface area contributed by atoms with E-state index in [1.165, 1.54) is 99.4 Å². The number of hydrogen-bond donors (Lipinski definition) is 0. The Kier molecular flexibility index (Phi) is 8.30. The van der Waals surface area contributed by atoms with Crippen LogP contribution in [0.25, 0.3) is 77.2 Å². The minimum Gasteiger partial charge on any atom is -0.310 e. The van der Waals surface area contributed by atoms with Crippen molar-refractivity contribution in [2.24, 2.45) is 0 Å². The largest absolute Gasteiger partial charge is 0.310 e. The highest BCUT2D eigenvalue weighted by Gasteiger charge is 2.37. The summed E-state index contributed by atoms with van der Waals surface area (Å²) in [4.78, 5) is 2.42. The lowest BCUT2D eigenvalue weighted by Gasteiger charge is -2.28. The van der Waals surface area contributed by atoms with Gasteiger partial charge in [-0.05, 0) is 154 Å². The second kappa shape index (κ2) is 14.0. The van der Waals surface area contributed by atoms with Crippen molar-refractivity contribution >= 4 is 38.6 Å². The van der Waals surface area contributed by atoms with E-state index in [0.29, 0.717) is 0 Å². The summed E-state index contributed by atoms with van der Waals surface area (Å²) in [5.41, 5.74) is 21.4. The Labute approximate surface area is 370 Å². The van der Waals surface area contributed by atoms with Crippen LogP contribution in [-0.2, 0) is 10.8 Å². The summed E-state index contributed by atoms with van der Waals surface area (Å²) in [5.74, 6) is 0. The lowest BCUT2D eigenvalue weighted by Crippen LogP contribution is -2.16. The van der Waals surface area contributed by atoms with Crippen LogP contribution in [0.1, 0.15) is 49.9 Å². The first-order valence-corrected chi connectivity index (χ1v) is 22.2. The maximum Gasteiger partial charge on any atom is 0.0465 e. The van der Waals surface area contributed by atoms with Crippen LogP contribution < -0.4 is 4.90 Å². The van der Waals surface area contributed by atoms with Crippen LogP contribution in [0, 0.1) is 0 Å². The van der Waals surface area contributed by atoms with E-state index in [-0.39, 0.29) is 10.8 Å². The van der Waals surface area contributed by atoms with Crippen LogP contribution in [0.4, 0.5) is 17.1 Å². The second-order valence-corrected chi connectivity index (χ2v) is 18.5. The summed E-state index contributed by atoms with van der Waals surface area (Å²) < 4.78 is 0. The number of nitrogens with zero attached hydrogens (tertiary/aromatic N) is 1. The van der Waals surface area contributed by atoms with Crippen LogP contribution in [0.15, 0.2) is 212 Å². The van der Waals surface area contributed by atoms with Crippen LogP contribution in [0.2, 0.25) is 0 Å². The molecule has 0 spiro atoms. The first-order chi connectivity index (χ1) is 30.7. The van der Waals surface area contributed by atoms with Gasteiger partial charge in [-0.1, -0.05) is 185 Å². The third-order valence-electron chi connectivity index (χ3n) is 14.3. The van der Waals surface area contributed by atoms with E-state index in [2.05, 4.69) is 245 Å². The Morgan fingerprint density at radius 3 is 1.41 bits per heavy atom. The summed E-state index contributed by atoms with van der Waals surface area (Å²) in [7, 11) is 0. The molecule has 0 radical (unpaired) electrons. The van der Waals surface area contributed by atoms with Gasteiger partial charge in [0.1, 0.15) is 0 Å². The van der Waals surface area contributed by atoms with Gasteiger partial charge in [0.05, 0.1) is 0 Å². The summed E-state index contributed by atoms with van der Waals surface area (Å²) in [6.45, 7) is 9.50. The first kappa shape index (κ1) is 37.3. The van der Waals surface area contributed by atoms with Gasteiger partial charge in [-0.2, -0.15) is 0 Å². The summed E-state index contributed by atoms with van der Waals surface area (Å²) in [6.07, 6.45) is 0. The predicted octanol–water partition coefficient (Wildman–Crippen LogP) is 17.1. The molecule has 0 aliphatic heterocycles. The van der Waals surface area contributed by atoms with E-state index in [0.717, 1.165) is 17.1 Å². The highest BCUT2D eigenvalue weighted by Crippen LogP contribution is 2.53. The Morgan fingerprint density at radius 1 is 0.270 bits per heavy atom. The monoisotopic (exact) mass is 805 g/mol.